The third kappa shape index (κ3) is 5.89. The standard InChI is InChI=1S/C24H33FN6.HI/c1-3-26-23(29-18-24(10-11-24)20-8-4-5-9-21(20)25)28-17-19-7-6-12-27-22(19)31-15-13-30(2)14-16-31;/h4-9,12H,3,10-11,13-18H2,1-2H3,(H2,26,28,29);1H. The molecule has 8 heteroatoms. The molecule has 0 unspecified atom stereocenters. The Kier molecular flexibility index (Phi) is 8.70. The highest BCUT2D eigenvalue weighted by Gasteiger charge is 2.45. The van der Waals surface area contributed by atoms with Crippen LogP contribution < -0.4 is 15.5 Å². The number of nitrogens with zero attached hydrogens (tertiary/aromatic N) is 4. The van der Waals surface area contributed by atoms with Crippen molar-refractivity contribution in [2.75, 3.05) is 51.2 Å². The lowest BCUT2D eigenvalue weighted by Gasteiger charge is -2.34. The fourth-order valence-corrected chi connectivity index (χ4v) is 4.20. The lowest BCUT2D eigenvalue weighted by Crippen LogP contribution is -2.45. The smallest absolute Gasteiger partial charge is 0.191 e. The van der Waals surface area contributed by atoms with E-state index in [1.54, 1.807) is 12.1 Å². The number of hydrogen-bond acceptors (Lipinski definition) is 4. The second-order valence-corrected chi connectivity index (χ2v) is 8.59. The fourth-order valence-electron chi connectivity index (χ4n) is 4.20. The first-order valence-corrected chi connectivity index (χ1v) is 11.3. The van der Waals surface area contributed by atoms with Crippen molar-refractivity contribution in [1.29, 1.82) is 0 Å². The molecule has 0 amide bonds. The Morgan fingerprint density at radius 1 is 1.09 bits per heavy atom. The van der Waals surface area contributed by atoms with Gasteiger partial charge in [-0.05, 0) is 44.5 Å². The molecule has 4 rings (SSSR count). The van der Waals surface area contributed by atoms with Crippen molar-refractivity contribution in [2.24, 2.45) is 4.99 Å². The maximum atomic E-state index is 14.3. The number of nitrogens with one attached hydrogen (secondary N) is 2. The van der Waals surface area contributed by atoms with Gasteiger partial charge in [0.25, 0.3) is 0 Å². The largest absolute Gasteiger partial charge is 0.357 e. The first-order chi connectivity index (χ1) is 15.1. The maximum Gasteiger partial charge on any atom is 0.191 e. The summed E-state index contributed by atoms with van der Waals surface area (Å²) < 4.78 is 14.3. The molecule has 0 spiro atoms. The number of pyridine rings is 1. The second kappa shape index (κ2) is 11.3. The van der Waals surface area contributed by atoms with Crippen LogP contribution in [0.25, 0.3) is 0 Å². The van der Waals surface area contributed by atoms with Gasteiger partial charge < -0.3 is 20.4 Å². The van der Waals surface area contributed by atoms with Crippen LogP contribution in [0.3, 0.4) is 0 Å². The van der Waals surface area contributed by atoms with Crippen LogP contribution in [0.15, 0.2) is 47.6 Å². The third-order valence-electron chi connectivity index (χ3n) is 6.32. The normalized spacial score (nSPS) is 18.1. The van der Waals surface area contributed by atoms with Crippen molar-refractivity contribution < 1.29 is 4.39 Å². The van der Waals surface area contributed by atoms with Crippen molar-refractivity contribution in [2.45, 2.75) is 31.7 Å². The van der Waals surface area contributed by atoms with Crippen molar-refractivity contribution >= 4 is 35.8 Å². The van der Waals surface area contributed by atoms with Gasteiger partial charge in [-0.2, -0.15) is 0 Å². The highest BCUT2D eigenvalue weighted by molar-refractivity contribution is 14.0. The molecule has 1 saturated heterocycles. The molecule has 2 fully saturated rings. The molecule has 2 aliphatic rings. The number of likely N-dealkylation sites (N-methyl/N-ethyl adjacent to an activating group) is 1. The number of aliphatic imine (C=N–C) groups is 1. The zero-order chi connectivity index (χ0) is 21.7. The van der Waals surface area contributed by atoms with Gasteiger partial charge in [-0.15, -0.1) is 24.0 Å². The van der Waals surface area contributed by atoms with Crippen molar-refractivity contribution in [3.05, 3.63) is 59.5 Å². The molecule has 1 saturated carbocycles. The van der Waals surface area contributed by atoms with Gasteiger partial charge in [-0.3, -0.25) is 0 Å². The molecule has 2 heterocycles. The Balaban J connectivity index is 0.00000289. The molecule has 1 aliphatic heterocycles. The number of rotatable bonds is 7. The zero-order valence-electron chi connectivity index (χ0n) is 19.0. The first-order valence-electron chi connectivity index (χ1n) is 11.3. The van der Waals surface area contributed by atoms with Gasteiger partial charge >= 0.3 is 0 Å². The van der Waals surface area contributed by atoms with Gasteiger partial charge in [0, 0.05) is 56.4 Å². The van der Waals surface area contributed by atoms with Gasteiger partial charge in [0.1, 0.15) is 11.6 Å². The van der Waals surface area contributed by atoms with E-state index in [0.717, 1.165) is 68.5 Å². The van der Waals surface area contributed by atoms with Crippen LogP contribution in [-0.4, -0.2) is 62.2 Å². The van der Waals surface area contributed by atoms with Crippen LogP contribution in [-0.2, 0) is 12.0 Å². The minimum Gasteiger partial charge on any atom is -0.357 e. The van der Waals surface area contributed by atoms with E-state index in [0.29, 0.717) is 13.1 Å². The van der Waals surface area contributed by atoms with Crippen LogP contribution in [0.2, 0.25) is 0 Å². The summed E-state index contributed by atoms with van der Waals surface area (Å²) in [6.07, 6.45) is 3.85. The summed E-state index contributed by atoms with van der Waals surface area (Å²) in [4.78, 5) is 14.2. The predicted molar refractivity (Wildman–Crippen MR) is 139 cm³/mol. The highest BCUT2D eigenvalue weighted by atomic mass is 127. The molecule has 1 aliphatic carbocycles. The molecule has 174 valence electrons. The number of benzene rings is 1. The van der Waals surface area contributed by atoms with E-state index in [1.807, 2.05) is 24.4 Å². The van der Waals surface area contributed by atoms with E-state index in [-0.39, 0.29) is 35.2 Å². The van der Waals surface area contributed by atoms with E-state index in [4.69, 9.17) is 4.99 Å². The van der Waals surface area contributed by atoms with E-state index >= 15 is 0 Å². The summed E-state index contributed by atoms with van der Waals surface area (Å²) in [6.45, 7) is 8.11. The average Bonchev–Trinajstić information content (AvgIpc) is 3.58. The molecule has 32 heavy (non-hydrogen) atoms. The Morgan fingerprint density at radius 2 is 1.84 bits per heavy atom. The minimum absolute atomic E-state index is 0. The van der Waals surface area contributed by atoms with Crippen LogP contribution in [0, 0.1) is 5.82 Å². The molecule has 0 radical (unpaired) electrons. The molecule has 1 aromatic carbocycles. The van der Waals surface area contributed by atoms with Crippen molar-refractivity contribution in [3.63, 3.8) is 0 Å². The van der Waals surface area contributed by atoms with Crippen molar-refractivity contribution in [1.82, 2.24) is 20.5 Å². The molecular formula is C24H34FIN6. The summed E-state index contributed by atoms with van der Waals surface area (Å²) in [7, 11) is 2.16. The van der Waals surface area contributed by atoms with E-state index < -0.39 is 0 Å². The number of halogens is 2. The van der Waals surface area contributed by atoms with Gasteiger partial charge in [-0.25, -0.2) is 14.4 Å². The van der Waals surface area contributed by atoms with E-state index in [9.17, 15) is 4.39 Å². The Morgan fingerprint density at radius 3 is 2.53 bits per heavy atom. The van der Waals surface area contributed by atoms with Gasteiger partial charge in [0.2, 0.25) is 0 Å². The lowest BCUT2D eigenvalue weighted by molar-refractivity contribution is 0.312. The molecule has 6 nitrogen and oxygen atoms in total. The van der Waals surface area contributed by atoms with Gasteiger partial charge in [0.05, 0.1) is 6.54 Å². The number of piperazine rings is 1. The summed E-state index contributed by atoms with van der Waals surface area (Å²) >= 11 is 0. The summed E-state index contributed by atoms with van der Waals surface area (Å²) in [5.41, 5.74) is 1.81. The van der Waals surface area contributed by atoms with Crippen LogP contribution >= 0.6 is 24.0 Å². The SMILES string of the molecule is CCNC(=NCc1cccnc1N1CCN(C)CC1)NCC1(c2ccccc2F)CC1.I. The quantitative estimate of drug-likeness (QED) is 0.314. The molecule has 0 atom stereocenters. The third-order valence-corrected chi connectivity index (χ3v) is 6.32. The molecule has 2 aromatic rings. The molecule has 0 bridgehead atoms. The molecule has 1 aromatic heterocycles. The zero-order valence-corrected chi connectivity index (χ0v) is 21.3. The lowest BCUT2D eigenvalue weighted by atomic mass is 9.95. The van der Waals surface area contributed by atoms with Gasteiger partial charge in [-0.1, -0.05) is 24.3 Å². The number of guanidine groups is 1. The summed E-state index contributed by atoms with van der Waals surface area (Å²) in [5, 5.41) is 6.78. The monoisotopic (exact) mass is 552 g/mol. The average molecular weight is 552 g/mol. The first kappa shape index (κ1) is 24.7. The number of anilines is 1. The number of hydrogen-bond donors (Lipinski definition) is 2. The second-order valence-electron chi connectivity index (χ2n) is 8.59. The molecular weight excluding hydrogens is 518 g/mol. The van der Waals surface area contributed by atoms with Crippen LogP contribution in [0.4, 0.5) is 10.2 Å². The summed E-state index contributed by atoms with van der Waals surface area (Å²) in [6, 6.07) is 11.2. The Hall–Kier alpha value is -1.94. The predicted octanol–water partition coefficient (Wildman–Crippen LogP) is 3.38. The van der Waals surface area contributed by atoms with Gasteiger partial charge in [0.15, 0.2) is 5.96 Å². The topological polar surface area (TPSA) is 55.8 Å². The Bertz CT molecular complexity index is 909. The fraction of sp³-hybridized carbons (Fsp3) is 0.500. The van der Waals surface area contributed by atoms with Crippen LogP contribution in [0.5, 0.6) is 0 Å². The van der Waals surface area contributed by atoms with E-state index in [1.165, 1.54) is 0 Å². The summed E-state index contributed by atoms with van der Waals surface area (Å²) in [5.74, 6) is 1.68. The van der Waals surface area contributed by atoms with Crippen LogP contribution in [0.1, 0.15) is 30.9 Å². The minimum atomic E-state index is -0.124. The highest BCUT2D eigenvalue weighted by Crippen LogP contribution is 2.48. The molecule has 2 N–H and O–H groups in total. The maximum absolute atomic E-state index is 14.3. The van der Waals surface area contributed by atoms with E-state index in [2.05, 4.69) is 45.5 Å². The number of aromatic nitrogens is 1. The van der Waals surface area contributed by atoms with Crippen molar-refractivity contribution in [3.8, 4) is 0 Å². The Labute approximate surface area is 207 Å².